The van der Waals surface area contributed by atoms with Gasteiger partial charge in [-0.25, -0.2) is 9.97 Å². The highest BCUT2D eigenvalue weighted by Crippen LogP contribution is 2.28. The van der Waals surface area contributed by atoms with Crippen molar-refractivity contribution in [3.63, 3.8) is 0 Å². The summed E-state index contributed by atoms with van der Waals surface area (Å²) in [6, 6.07) is 0.875. The van der Waals surface area contributed by atoms with Crippen LogP contribution >= 0.6 is 0 Å². The van der Waals surface area contributed by atoms with Crippen LogP contribution in [-0.4, -0.2) is 71.5 Å². The lowest BCUT2D eigenvalue weighted by molar-refractivity contribution is -0.141. The van der Waals surface area contributed by atoms with Gasteiger partial charge in [0.05, 0.1) is 5.60 Å². The Morgan fingerprint density at radius 1 is 1.17 bits per heavy atom. The van der Waals surface area contributed by atoms with E-state index in [4.69, 9.17) is 4.74 Å². The highest BCUT2D eigenvalue weighted by atomic mass is 19.4. The largest absolute Gasteiger partial charge is 0.433 e. The number of ether oxygens (including phenoxy) is 1. The summed E-state index contributed by atoms with van der Waals surface area (Å²) in [5.41, 5.74) is -1.65. The van der Waals surface area contributed by atoms with Gasteiger partial charge in [-0.05, 0) is 6.07 Å². The maximum atomic E-state index is 12.7. The lowest BCUT2D eigenvalue weighted by Gasteiger charge is -2.40. The van der Waals surface area contributed by atoms with Gasteiger partial charge in [-0.1, -0.05) is 0 Å². The lowest BCUT2D eigenvalue weighted by Crippen LogP contribution is -2.53. The van der Waals surface area contributed by atoms with Crippen LogP contribution in [0.1, 0.15) is 18.5 Å². The lowest BCUT2D eigenvalue weighted by atomic mass is 9.93. The van der Waals surface area contributed by atoms with E-state index >= 15 is 0 Å². The second-order valence-electron chi connectivity index (χ2n) is 6.34. The summed E-state index contributed by atoms with van der Waals surface area (Å²) in [6.07, 6.45) is -2.10. The van der Waals surface area contributed by atoms with Crippen molar-refractivity contribution in [2.24, 2.45) is 0 Å². The van der Waals surface area contributed by atoms with Crippen LogP contribution in [0.5, 0.6) is 0 Å². The van der Waals surface area contributed by atoms with Crippen LogP contribution in [0, 0.1) is 0 Å². The zero-order valence-electron chi connectivity index (χ0n) is 13.3. The average molecular weight is 346 g/mol. The minimum Gasteiger partial charge on any atom is -0.388 e. The maximum absolute atomic E-state index is 12.7. The third-order valence-corrected chi connectivity index (χ3v) is 4.53. The molecule has 0 aliphatic carbocycles. The Morgan fingerprint density at radius 2 is 1.83 bits per heavy atom. The molecule has 1 aromatic rings. The Labute approximate surface area is 138 Å². The smallest absolute Gasteiger partial charge is 0.388 e. The number of alkyl halides is 3. The minimum atomic E-state index is -4.47. The second-order valence-corrected chi connectivity index (χ2v) is 6.34. The average Bonchev–Trinajstić information content (AvgIpc) is 2.55. The van der Waals surface area contributed by atoms with Gasteiger partial charge in [-0.3, -0.25) is 4.90 Å². The van der Waals surface area contributed by atoms with Gasteiger partial charge in [0.15, 0.2) is 0 Å². The van der Waals surface area contributed by atoms with E-state index in [9.17, 15) is 18.3 Å². The third-order valence-electron chi connectivity index (χ3n) is 4.53. The number of hydrogen-bond acceptors (Lipinski definition) is 6. The molecule has 2 aliphatic rings. The monoisotopic (exact) mass is 346 g/mol. The van der Waals surface area contributed by atoms with E-state index in [0.29, 0.717) is 58.8 Å². The van der Waals surface area contributed by atoms with Crippen molar-refractivity contribution in [1.82, 2.24) is 14.9 Å². The van der Waals surface area contributed by atoms with Gasteiger partial charge >= 0.3 is 6.18 Å². The molecule has 1 N–H and O–H groups in total. The van der Waals surface area contributed by atoms with Crippen molar-refractivity contribution in [1.29, 1.82) is 0 Å². The molecule has 0 aromatic carbocycles. The first-order valence-corrected chi connectivity index (χ1v) is 8.03. The van der Waals surface area contributed by atoms with E-state index in [2.05, 4.69) is 14.9 Å². The van der Waals surface area contributed by atoms with Gasteiger partial charge < -0.3 is 14.7 Å². The Balaban J connectivity index is 1.57. The first kappa shape index (κ1) is 17.4. The van der Waals surface area contributed by atoms with Gasteiger partial charge in [-0.2, -0.15) is 13.2 Å². The molecular weight excluding hydrogens is 325 g/mol. The summed E-state index contributed by atoms with van der Waals surface area (Å²) in [7, 11) is 0. The molecule has 0 radical (unpaired) electrons. The fourth-order valence-corrected chi connectivity index (χ4v) is 3.09. The zero-order chi connectivity index (χ0) is 17.2. The number of halogens is 3. The molecule has 0 spiro atoms. The molecule has 0 saturated carbocycles. The normalized spacial score (nSPS) is 22.6. The number of hydrogen-bond donors (Lipinski definition) is 1. The number of β-amino-alcohol motifs (C(OH)–C–C–N with tert-alkyl or cyclic N) is 1. The van der Waals surface area contributed by atoms with Gasteiger partial charge in [0.25, 0.3) is 0 Å². The van der Waals surface area contributed by atoms with Crippen molar-refractivity contribution in [2.75, 3.05) is 50.8 Å². The predicted molar refractivity (Wildman–Crippen MR) is 80.7 cm³/mol. The van der Waals surface area contributed by atoms with Gasteiger partial charge in [-0.15, -0.1) is 0 Å². The van der Waals surface area contributed by atoms with E-state index in [-0.39, 0.29) is 5.95 Å². The fraction of sp³-hybridized carbons (Fsp3) is 0.733. The molecule has 2 saturated heterocycles. The topological polar surface area (TPSA) is 61.7 Å². The van der Waals surface area contributed by atoms with E-state index < -0.39 is 17.5 Å². The van der Waals surface area contributed by atoms with Crippen molar-refractivity contribution in [3.05, 3.63) is 18.0 Å². The summed E-state index contributed by atoms with van der Waals surface area (Å²) in [5, 5.41) is 10.5. The second kappa shape index (κ2) is 6.81. The molecule has 6 nitrogen and oxygen atoms in total. The number of nitrogens with zero attached hydrogens (tertiary/aromatic N) is 4. The molecule has 1 aromatic heterocycles. The number of rotatable bonds is 3. The highest BCUT2D eigenvalue weighted by molar-refractivity contribution is 5.31. The van der Waals surface area contributed by atoms with Crippen LogP contribution in [0.4, 0.5) is 19.1 Å². The maximum Gasteiger partial charge on any atom is 0.433 e. The molecule has 9 heteroatoms. The SMILES string of the molecule is OC1(CN2CCN(c3nccc(C(F)(F)F)n3)CC2)CCOCC1. The van der Waals surface area contributed by atoms with E-state index in [0.717, 1.165) is 12.3 Å². The molecule has 0 amide bonds. The van der Waals surface area contributed by atoms with E-state index in [1.807, 2.05) is 0 Å². The van der Waals surface area contributed by atoms with Gasteiger partial charge in [0.1, 0.15) is 5.69 Å². The summed E-state index contributed by atoms with van der Waals surface area (Å²) in [5.74, 6) is 0.106. The van der Waals surface area contributed by atoms with Crippen molar-refractivity contribution in [2.45, 2.75) is 24.6 Å². The van der Waals surface area contributed by atoms with Crippen molar-refractivity contribution < 1.29 is 23.0 Å². The van der Waals surface area contributed by atoms with Crippen LogP contribution in [0.25, 0.3) is 0 Å². The molecule has 3 rings (SSSR count). The van der Waals surface area contributed by atoms with E-state index in [1.54, 1.807) is 4.90 Å². The quantitative estimate of drug-likeness (QED) is 0.886. The number of piperazine rings is 1. The minimum absolute atomic E-state index is 0.106. The zero-order valence-corrected chi connectivity index (χ0v) is 13.3. The molecule has 2 aliphatic heterocycles. The van der Waals surface area contributed by atoms with Crippen LogP contribution in [0.15, 0.2) is 12.3 Å². The molecule has 134 valence electrons. The van der Waals surface area contributed by atoms with Crippen LogP contribution in [0.3, 0.4) is 0 Å². The molecule has 3 heterocycles. The van der Waals surface area contributed by atoms with Crippen LogP contribution < -0.4 is 4.90 Å². The molecule has 0 bridgehead atoms. The Kier molecular flexibility index (Phi) is 4.93. The molecule has 2 fully saturated rings. The molecular formula is C15H21F3N4O2. The van der Waals surface area contributed by atoms with Crippen LogP contribution in [0.2, 0.25) is 0 Å². The Hall–Kier alpha value is -1.45. The first-order chi connectivity index (χ1) is 11.4. The van der Waals surface area contributed by atoms with Gasteiger partial charge in [0, 0.05) is 65.0 Å². The number of anilines is 1. The van der Waals surface area contributed by atoms with E-state index in [1.165, 1.54) is 0 Å². The van der Waals surface area contributed by atoms with Crippen LogP contribution in [-0.2, 0) is 10.9 Å². The van der Waals surface area contributed by atoms with Gasteiger partial charge in [0.2, 0.25) is 5.95 Å². The third kappa shape index (κ3) is 4.14. The fourth-order valence-electron chi connectivity index (χ4n) is 3.09. The predicted octanol–water partition coefficient (Wildman–Crippen LogP) is 1.16. The number of aromatic nitrogens is 2. The molecule has 0 atom stereocenters. The Bertz CT molecular complexity index is 556. The highest BCUT2D eigenvalue weighted by Gasteiger charge is 2.35. The molecule has 24 heavy (non-hydrogen) atoms. The first-order valence-electron chi connectivity index (χ1n) is 8.03. The van der Waals surface area contributed by atoms with Crippen molar-refractivity contribution in [3.8, 4) is 0 Å². The summed E-state index contributed by atoms with van der Waals surface area (Å²) in [4.78, 5) is 11.5. The number of aliphatic hydroxyl groups is 1. The molecule has 0 unspecified atom stereocenters. The summed E-state index contributed by atoms with van der Waals surface area (Å²) < 4.78 is 43.5. The summed E-state index contributed by atoms with van der Waals surface area (Å²) in [6.45, 7) is 4.07. The Morgan fingerprint density at radius 3 is 2.46 bits per heavy atom. The standard InChI is InChI=1S/C15H21F3N4O2/c16-15(17,18)12-1-4-19-13(20-12)22-7-5-21(6-8-22)11-14(23)2-9-24-10-3-14/h1,4,23H,2-3,5-11H2. The van der Waals surface area contributed by atoms with Crippen molar-refractivity contribution >= 4 is 5.95 Å². The summed E-state index contributed by atoms with van der Waals surface area (Å²) >= 11 is 0.